The van der Waals surface area contributed by atoms with Crippen LogP contribution in [0.1, 0.15) is 30.0 Å². The van der Waals surface area contributed by atoms with Crippen LogP contribution in [0.25, 0.3) is 0 Å². The van der Waals surface area contributed by atoms with E-state index in [9.17, 15) is 14.7 Å². The molecular formula is C15H18BrNO3. The average Bonchev–Trinajstić information content (AvgIpc) is 2.56. The maximum Gasteiger partial charge on any atom is 0.264 e. The van der Waals surface area contributed by atoms with Gasteiger partial charge >= 0.3 is 0 Å². The van der Waals surface area contributed by atoms with Crippen molar-refractivity contribution in [2.45, 2.75) is 32.8 Å². The van der Waals surface area contributed by atoms with Gasteiger partial charge in [0.05, 0.1) is 5.69 Å². The van der Waals surface area contributed by atoms with Gasteiger partial charge in [0.2, 0.25) is 0 Å². The van der Waals surface area contributed by atoms with Gasteiger partial charge in [-0.15, -0.1) is 0 Å². The van der Waals surface area contributed by atoms with Gasteiger partial charge in [0.1, 0.15) is 5.78 Å². The zero-order valence-corrected chi connectivity index (χ0v) is 13.5. The van der Waals surface area contributed by atoms with Gasteiger partial charge in [-0.2, -0.15) is 0 Å². The highest BCUT2D eigenvalue weighted by atomic mass is 79.9. The lowest BCUT2D eigenvalue weighted by atomic mass is 9.86. The summed E-state index contributed by atoms with van der Waals surface area (Å²) in [4.78, 5) is 25.7. The van der Waals surface area contributed by atoms with E-state index in [0.717, 1.165) is 16.8 Å². The number of Topliss-reactive ketones (excluding diaryl/α,β-unsaturated/α-hetero) is 1. The number of fused-ring (bicyclic) bond motifs is 1. The van der Waals surface area contributed by atoms with E-state index in [1.807, 2.05) is 26.0 Å². The molecule has 1 atom stereocenters. The minimum atomic E-state index is -1.72. The first-order valence-corrected chi connectivity index (χ1v) is 7.65. The Balaban J connectivity index is 2.68. The lowest BCUT2D eigenvalue weighted by Crippen LogP contribution is -2.42. The van der Waals surface area contributed by atoms with Gasteiger partial charge in [0, 0.05) is 23.9 Å². The van der Waals surface area contributed by atoms with Crippen LogP contribution in [-0.2, 0) is 15.2 Å². The van der Waals surface area contributed by atoms with E-state index >= 15 is 0 Å². The third-order valence-electron chi connectivity index (χ3n) is 3.68. The first-order chi connectivity index (χ1) is 9.32. The Bertz CT molecular complexity index is 585. The number of amides is 1. The quantitative estimate of drug-likeness (QED) is 0.855. The van der Waals surface area contributed by atoms with Gasteiger partial charge in [-0.1, -0.05) is 28.1 Å². The van der Waals surface area contributed by atoms with Crippen LogP contribution in [0.4, 0.5) is 5.69 Å². The molecule has 0 spiro atoms. The minimum Gasteiger partial charge on any atom is -0.375 e. The summed E-state index contributed by atoms with van der Waals surface area (Å²) in [5.74, 6) is -0.604. The molecule has 0 radical (unpaired) electrons. The Kier molecular flexibility index (Phi) is 4.02. The molecule has 0 bridgehead atoms. The summed E-state index contributed by atoms with van der Waals surface area (Å²) in [6.45, 7) is 5.63. The van der Waals surface area contributed by atoms with Crippen LogP contribution < -0.4 is 4.90 Å². The van der Waals surface area contributed by atoms with Crippen LogP contribution in [0.5, 0.6) is 0 Å². The zero-order valence-electron chi connectivity index (χ0n) is 11.9. The number of aryl methyl sites for hydroxylation is 2. The van der Waals surface area contributed by atoms with Gasteiger partial charge < -0.3 is 10.0 Å². The maximum absolute atomic E-state index is 12.6. The second-order valence-electron chi connectivity index (χ2n) is 5.31. The van der Waals surface area contributed by atoms with Crippen molar-refractivity contribution in [3.8, 4) is 0 Å². The molecule has 1 aliphatic heterocycles. The molecule has 0 aromatic heterocycles. The smallest absolute Gasteiger partial charge is 0.264 e. The van der Waals surface area contributed by atoms with E-state index < -0.39 is 11.5 Å². The molecule has 0 saturated heterocycles. The number of carbonyl (C=O) groups excluding carboxylic acids is 2. The van der Waals surface area contributed by atoms with Gasteiger partial charge in [0.25, 0.3) is 5.91 Å². The summed E-state index contributed by atoms with van der Waals surface area (Å²) >= 11 is 3.33. The largest absolute Gasteiger partial charge is 0.375 e. The third-order valence-corrected chi connectivity index (χ3v) is 4.04. The molecule has 0 aliphatic carbocycles. The van der Waals surface area contributed by atoms with E-state index in [0.29, 0.717) is 17.4 Å². The lowest BCUT2D eigenvalue weighted by molar-refractivity contribution is -0.141. The molecule has 1 aliphatic rings. The summed E-state index contributed by atoms with van der Waals surface area (Å²) < 4.78 is 0. The van der Waals surface area contributed by atoms with Crippen molar-refractivity contribution in [2.24, 2.45) is 0 Å². The molecule has 0 fully saturated rings. The predicted octanol–water partition coefficient (Wildman–Crippen LogP) is 2.21. The monoisotopic (exact) mass is 339 g/mol. The molecule has 1 aromatic rings. The van der Waals surface area contributed by atoms with Crippen molar-refractivity contribution >= 4 is 33.3 Å². The van der Waals surface area contributed by atoms with Crippen molar-refractivity contribution in [1.29, 1.82) is 0 Å². The van der Waals surface area contributed by atoms with E-state index in [4.69, 9.17) is 0 Å². The first-order valence-electron chi connectivity index (χ1n) is 6.53. The number of nitrogens with zero attached hydrogens (tertiary/aromatic N) is 1. The Hall–Kier alpha value is -1.20. The number of benzene rings is 1. The van der Waals surface area contributed by atoms with Crippen LogP contribution in [0.3, 0.4) is 0 Å². The number of anilines is 1. The summed E-state index contributed by atoms with van der Waals surface area (Å²) in [7, 11) is 0. The number of alkyl halides is 1. The average molecular weight is 340 g/mol. The molecule has 5 heteroatoms. The molecule has 1 unspecified atom stereocenters. The number of ketones is 1. The molecule has 4 nitrogen and oxygen atoms in total. The summed E-state index contributed by atoms with van der Waals surface area (Å²) in [6.07, 6.45) is -0.179. The van der Waals surface area contributed by atoms with E-state index in [-0.39, 0.29) is 12.2 Å². The fraction of sp³-hybridized carbons (Fsp3) is 0.467. The Morgan fingerprint density at radius 2 is 1.95 bits per heavy atom. The number of carbonyl (C=O) groups is 2. The number of rotatable bonds is 4. The minimum absolute atomic E-state index is 0.179. The number of hydrogen-bond donors (Lipinski definition) is 1. The highest BCUT2D eigenvalue weighted by Gasteiger charge is 2.51. The SMILES string of the molecule is CC(=O)CC1(O)C(=O)N(CCBr)c2c(C)ccc(C)c21. The number of halogens is 1. The third kappa shape index (κ3) is 2.19. The highest BCUT2D eigenvalue weighted by Crippen LogP contribution is 2.45. The van der Waals surface area contributed by atoms with Crippen LogP contribution in [0.15, 0.2) is 12.1 Å². The molecule has 0 saturated carbocycles. The molecule has 20 heavy (non-hydrogen) atoms. The predicted molar refractivity (Wildman–Crippen MR) is 81.3 cm³/mol. The van der Waals surface area contributed by atoms with E-state index in [1.54, 1.807) is 4.90 Å². The second-order valence-corrected chi connectivity index (χ2v) is 6.10. The number of hydrogen-bond acceptors (Lipinski definition) is 3. The Morgan fingerprint density at radius 1 is 1.35 bits per heavy atom. The summed E-state index contributed by atoms with van der Waals surface area (Å²) in [6, 6.07) is 3.81. The van der Waals surface area contributed by atoms with Crippen molar-refractivity contribution in [3.05, 3.63) is 28.8 Å². The van der Waals surface area contributed by atoms with Crippen LogP contribution in [0, 0.1) is 13.8 Å². The molecule has 1 amide bonds. The topological polar surface area (TPSA) is 57.6 Å². The van der Waals surface area contributed by atoms with E-state index in [1.165, 1.54) is 6.92 Å². The molecule has 2 rings (SSSR count). The summed E-state index contributed by atoms with van der Waals surface area (Å²) in [5.41, 5.74) is 1.37. The fourth-order valence-corrected chi connectivity index (χ4v) is 3.27. The van der Waals surface area contributed by atoms with Crippen molar-refractivity contribution in [2.75, 3.05) is 16.8 Å². The normalized spacial score (nSPS) is 21.2. The molecular weight excluding hydrogens is 322 g/mol. The molecule has 1 heterocycles. The Labute approximate surface area is 126 Å². The zero-order chi connectivity index (χ0) is 15.1. The van der Waals surface area contributed by atoms with Crippen LogP contribution in [0.2, 0.25) is 0 Å². The molecule has 1 aromatic carbocycles. The van der Waals surface area contributed by atoms with Gasteiger partial charge in [0.15, 0.2) is 5.60 Å². The highest BCUT2D eigenvalue weighted by molar-refractivity contribution is 9.09. The molecule has 108 valence electrons. The molecule has 1 N–H and O–H groups in total. The first kappa shape index (κ1) is 15.2. The summed E-state index contributed by atoms with van der Waals surface area (Å²) in [5, 5.41) is 11.5. The second kappa shape index (κ2) is 5.30. The van der Waals surface area contributed by atoms with Crippen molar-refractivity contribution in [3.63, 3.8) is 0 Å². The van der Waals surface area contributed by atoms with Crippen LogP contribution in [-0.4, -0.2) is 28.7 Å². The number of aliphatic hydroxyl groups is 1. The van der Waals surface area contributed by atoms with Crippen molar-refractivity contribution in [1.82, 2.24) is 0 Å². The van der Waals surface area contributed by atoms with Gasteiger partial charge in [-0.3, -0.25) is 9.59 Å². The fourth-order valence-electron chi connectivity index (χ4n) is 2.92. The standard InChI is InChI=1S/C15H18BrNO3/c1-9-4-5-10(2)13-12(9)15(20,8-11(3)18)14(19)17(13)7-6-16/h4-5,20H,6-8H2,1-3H3. The Morgan fingerprint density at radius 3 is 2.50 bits per heavy atom. The van der Waals surface area contributed by atoms with E-state index in [2.05, 4.69) is 15.9 Å². The van der Waals surface area contributed by atoms with Gasteiger partial charge in [-0.05, 0) is 31.9 Å². The van der Waals surface area contributed by atoms with Crippen molar-refractivity contribution < 1.29 is 14.7 Å². The lowest BCUT2D eigenvalue weighted by Gasteiger charge is -2.22. The van der Waals surface area contributed by atoms with Gasteiger partial charge in [-0.25, -0.2) is 0 Å². The maximum atomic E-state index is 12.6. The van der Waals surface area contributed by atoms with Crippen LogP contribution >= 0.6 is 15.9 Å².